The summed E-state index contributed by atoms with van der Waals surface area (Å²) in [5, 5.41) is 0.832. The second-order valence-corrected chi connectivity index (χ2v) is 5.60. The van der Waals surface area contributed by atoms with Crippen LogP contribution in [0.5, 0.6) is 0 Å². The highest BCUT2D eigenvalue weighted by Gasteiger charge is 2.18. The number of furan rings is 1. The molecule has 0 atom stereocenters. The van der Waals surface area contributed by atoms with Crippen molar-refractivity contribution >= 4 is 22.7 Å². The number of carbonyl (C=O) groups is 1. The van der Waals surface area contributed by atoms with Crippen LogP contribution in [0.15, 0.2) is 29.0 Å². The van der Waals surface area contributed by atoms with E-state index in [1.54, 1.807) is 23.4 Å². The maximum absolute atomic E-state index is 11.9. The third kappa shape index (κ3) is 3.36. The number of amides is 1. The van der Waals surface area contributed by atoms with Crippen LogP contribution < -0.4 is 4.90 Å². The lowest BCUT2D eigenvalue weighted by Gasteiger charge is -2.24. The van der Waals surface area contributed by atoms with Crippen molar-refractivity contribution in [2.75, 3.05) is 18.1 Å². The summed E-state index contributed by atoms with van der Waals surface area (Å²) >= 11 is 0. The summed E-state index contributed by atoms with van der Waals surface area (Å²) in [5.41, 5.74) is 0.496. The number of aromatic nitrogens is 1. The molecule has 108 valence electrons. The van der Waals surface area contributed by atoms with Gasteiger partial charge in [-0.3, -0.25) is 9.69 Å². The van der Waals surface area contributed by atoms with Crippen LogP contribution in [-0.2, 0) is 9.53 Å². The van der Waals surface area contributed by atoms with E-state index in [0.717, 1.165) is 11.0 Å². The van der Waals surface area contributed by atoms with E-state index in [0.29, 0.717) is 19.0 Å². The number of nitrogens with zero attached hydrogens (tertiary/aromatic N) is 2. The lowest BCUT2D eigenvalue weighted by atomic mass is 10.2. The number of rotatable bonds is 4. The summed E-state index contributed by atoms with van der Waals surface area (Å²) in [7, 11) is 0. The normalized spacial score (nSPS) is 11.8. The Morgan fingerprint density at radius 1 is 1.40 bits per heavy atom. The molecule has 0 aliphatic carbocycles. The standard InChI is InChI=1S/C15H20N2O3/c1-11(18)17(8-10-20-15(2,3)4)14-12-6-9-19-13(12)5-7-16-14/h5-7,9H,8,10H2,1-4H3. The second-order valence-electron chi connectivity index (χ2n) is 5.60. The zero-order chi connectivity index (χ0) is 14.8. The van der Waals surface area contributed by atoms with Crippen molar-refractivity contribution in [3.05, 3.63) is 24.6 Å². The van der Waals surface area contributed by atoms with Gasteiger partial charge in [-0.1, -0.05) is 0 Å². The summed E-state index contributed by atoms with van der Waals surface area (Å²) in [5.74, 6) is 0.546. The first-order valence-electron chi connectivity index (χ1n) is 6.63. The third-order valence-electron chi connectivity index (χ3n) is 2.84. The van der Waals surface area contributed by atoms with Gasteiger partial charge in [0, 0.05) is 13.1 Å². The van der Waals surface area contributed by atoms with E-state index in [4.69, 9.17) is 9.15 Å². The Morgan fingerprint density at radius 3 is 2.80 bits per heavy atom. The molecule has 0 unspecified atom stereocenters. The monoisotopic (exact) mass is 276 g/mol. The van der Waals surface area contributed by atoms with Crippen molar-refractivity contribution in [1.29, 1.82) is 0 Å². The lowest BCUT2D eigenvalue weighted by Crippen LogP contribution is -2.34. The zero-order valence-corrected chi connectivity index (χ0v) is 12.3. The molecule has 0 N–H and O–H groups in total. The molecule has 2 rings (SSSR count). The summed E-state index contributed by atoms with van der Waals surface area (Å²) in [6.07, 6.45) is 3.24. The molecule has 2 heterocycles. The molecule has 0 radical (unpaired) electrons. The molecule has 0 fully saturated rings. The summed E-state index contributed by atoms with van der Waals surface area (Å²) in [4.78, 5) is 17.8. The van der Waals surface area contributed by atoms with Crippen molar-refractivity contribution in [2.45, 2.75) is 33.3 Å². The minimum absolute atomic E-state index is 0.0660. The number of anilines is 1. The Bertz CT molecular complexity index is 598. The summed E-state index contributed by atoms with van der Waals surface area (Å²) < 4.78 is 11.0. The largest absolute Gasteiger partial charge is 0.464 e. The quantitative estimate of drug-likeness (QED) is 0.861. The Labute approximate surface area is 118 Å². The van der Waals surface area contributed by atoms with E-state index >= 15 is 0 Å². The molecule has 0 bridgehead atoms. The molecule has 0 aromatic carbocycles. The molecule has 2 aromatic heterocycles. The predicted molar refractivity (Wildman–Crippen MR) is 77.7 cm³/mol. The van der Waals surface area contributed by atoms with Gasteiger partial charge in [-0.15, -0.1) is 0 Å². The van der Waals surface area contributed by atoms with Gasteiger partial charge in [0.25, 0.3) is 0 Å². The Kier molecular flexibility index (Phi) is 4.09. The topological polar surface area (TPSA) is 55.6 Å². The molecular weight excluding hydrogens is 256 g/mol. The van der Waals surface area contributed by atoms with Crippen LogP contribution in [0.2, 0.25) is 0 Å². The van der Waals surface area contributed by atoms with Crippen molar-refractivity contribution in [3.8, 4) is 0 Å². The minimum atomic E-state index is -0.225. The van der Waals surface area contributed by atoms with Crippen molar-refractivity contribution < 1.29 is 13.9 Å². The van der Waals surface area contributed by atoms with E-state index in [9.17, 15) is 4.79 Å². The van der Waals surface area contributed by atoms with Crippen molar-refractivity contribution in [1.82, 2.24) is 4.98 Å². The van der Waals surface area contributed by atoms with Crippen molar-refractivity contribution in [3.63, 3.8) is 0 Å². The number of hydrogen-bond donors (Lipinski definition) is 0. The molecule has 0 aliphatic rings. The average molecular weight is 276 g/mol. The SMILES string of the molecule is CC(=O)N(CCOC(C)(C)C)c1nccc2occc12. The highest BCUT2D eigenvalue weighted by molar-refractivity contribution is 5.99. The molecule has 1 amide bonds. The van der Waals surface area contributed by atoms with Gasteiger partial charge in [0.1, 0.15) is 11.4 Å². The van der Waals surface area contributed by atoms with Crippen LogP contribution in [0.25, 0.3) is 11.0 Å². The van der Waals surface area contributed by atoms with Gasteiger partial charge in [0.2, 0.25) is 5.91 Å². The van der Waals surface area contributed by atoms with Gasteiger partial charge in [-0.25, -0.2) is 4.98 Å². The average Bonchev–Trinajstić information content (AvgIpc) is 2.81. The van der Waals surface area contributed by atoms with Crippen molar-refractivity contribution in [2.24, 2.45) is 0 Å². The number of hydrogen-bond acceptors (Lipinski definition) is 4. The fourth-order valence-electron chi connectivity index (χ4n) is 1.95. The molecule has 2 aromatic rings. The third-order valence-corrected chi connectivity index (χ3v) is 2.84. The molecule has 20 heavy (non-hydrogen) atoms. The van der Waals surface area contributed by atoms with Gasteiger partial charge in [-0.05, 0) is 32.9 Å². The van der Waals surface area contributed by atoms with Gasteiger partial charge < -0.3 is 9.15 Å². The van der Waals surface area contributed by atoms with Crippen LogP contribution in [0, 0.1) is 0 Å². The Balaban J connectivity index is 2.21. The minimum Gasteiger partial charge on any atom is -0.464 e. The number of fused-ring (bicyclic) bond motifs is 1. The first-order chi connectivity index (χ1) is 9.38. The zero-order valence-electron chi connectivity index (χ0n) is 12.3. The van der Waals surface area contributed by atoms with E-state index in [1.165, 1.54) is 6.92 Å². The van der Waals surface area contributed by atoms with Crippen LogP contribution in [0.3, 0.4) is 0 Å². The van der Waals surface area contributed by atoms with Gasteiger partial charge >= 0.3 is 0 Å². The van der Waals surface area contributed by atoms with E-state index in [1.807, 2.05) is 26.8 Å². The number of pyridine rings is 1. The lowest BCUT2D eigenvalue weighted by molar-refractivity contribution is -0.117. The Morgan fingerprint density at radius 2 is 2.15 bits per heavy atom. The maximum Gasteiger partial charge on any atom is 0.225 e. The van der Waals surface area contributed by atoms with Crippen LogP contribution in [-0.4, -0.2) is 29.6 Å². The highest BCUT2D eigenvalue weighted by Crippen LogP contribution is 2.25. The van der Waals surface area contributed by atoms with E-state index in [-0.39, 0.29) is 11.5 Å². The maximum atomic E-state index is 11.9. The van der Waals surface area contributed by atoms with Gasteiger partial charge in [-0.2, -0.15) is 0 Å². The van der Waals surface area contributed by atoms with Gasteiger partial charge in [0.15, 0.2) is 0 Å². The van der Waals surface area contributed by atoms with Crippen LogP contribution in [0.1, 0.15) is 27.7 Å². The Hall–Kier alpha value is -1.88. The summed E-state index contributed by atoms with van der Waals surface area (Å²) in [6, 6.07) is 3.60. The van der Waals surface area contributed by atoms with Crippen LogP contribution in [0.4, 0.5) is 5.82 Å². The molecule has 5 nitrogen and oxygen atoms in total. The first-order valence-corrected chi connectivity index (χ1v) is 6.63. The van der Waals surface area contributed by atoms with E-state index in [2.05, 4.69) is 4.98 Å². The molecular formula is C15H20N2O3. The number of carbonyl (C=O) groups excluding carboxylic acids is 1. The fourth-order valence-corrected chi connectivity index (χ4v) is 1.95. The number of ether oxygens (including phenoxy) is 1. The second kappa shape index (κ2) is 5.63. The molecule has 0 saturated carbocycles. The summed E-state index contributed by atoms with van der Waals surface area (Å²) in [6.45, 7) is 8.40. The predicted octanol–water partition coefficient (Wildman–Crippen LogP) is 3.00. The molecule has 0 spiro atoms. The van der Waals surface area contributed by atoms with Gasteiger partial charge in [0.05, 0.1) is 30.4 Å². The highest BCUT2D eigenvalue weighted by atomic mass is 16.5. The molecule has 5 heteroatoms. The smallest absolute Gasteiger partial charge is 0.225 e. The van der Waals surface area contributed by atoms with E-state index < -0.39 is 0 Å². The van der Waals surface area contributed by atoms with Crippen LogP contribution >= 0.6 is 0 Å². The fraction of sp³-hybridized carbons (Fsp3) is 0.467. The first kappa shape index (κ1) is 14.5. The molecule has 0 aliphatic heterocycles. The molecule has 0 saturated heterocycles.